The fourth-order valence-electron chi connectivity index (χ4n) is 5.62. The van der Waals surface area contributed by atoms with Gasteiger partial charge in [0.1, 0.15) is 0 Å². The first kappa shape index (κ1) is 12.1. The Morgan fingerprint density at radius 3 is 2.12 bits per heavy atom. The van der Waals surface area contributed by atoms with Crippen LogP contribution in [0.15, 0.2) is 0 Å². The molecule has 0 bridgehead atoms. The average Bonchev–Trinajstić information content (AvgIpc) is 2.30. The predicted octanol–water partition coefficient (Wildman–Crippen LogP) is 5.13. The highest BCUT2D eigenvalue weighted by molar-refractivity contribution is 4.95. The van der Waals surface area contributed by atoms with Gasteiger partial charge in [0, 0.05) is 0 Å². The van der Waals surface area contributed by atoms with Crippen molar-refractivity contribution in [1.82, 2.24) is 0 Å². The topological polar surface area (TPSA) is 0 Å². The van der Waals surface area contributed by atoms with Gasteiger partial charge in [-0.1, -0.05) is 33.6 Å². The van der Waals surface area contributed by atoms with E-state index >= 15 is 0 Å². The van der Waals surface area contributed by atoms with Crippen LogP contribution in [0.4, 0.5) is 0 Å². The summed E-state index contributed by atoms with van der Waals surface area (Å²) in [5.41, 5.74) is 0. The third-order valence-electron chi connectivity index (χ3n) is 6.57. The fourth-order valence-corrected chi connectivity index (χ4v) is 5.62. The minimum atomic E-state index is 1.01. The van der Waals surface area contributed by atoms with Gasteiger partial charge >= 0.3 is 0 Å². The summed E-state index contributed by atoms with van der Waals surface area (Å²) in [4.78, 5) is 0. The number of fused-ring (bicyclic) bond motifs is 2. The van der Waals surface area contributed by atoms with Gasteiger partial charge in [-0.3, -0.25) is 0 Å². The van der Waals surface area contributed by atoms with Crippen LogP contribution in [0.2, 0.25) is 0 Å². The molecule has 7 unspecified atom stereocenters. The molecule has 3 fully saturated rings. The molecular formula is C17H30. The van der Waals surface area contributed by atoms with E-state index in [1.165, 1.54) is 12.8 Å². The van der Waals surface area contributed by atoms with Gasteiger partial charge < -0.3 is 0 Å². The van der Waals surface area contributed by atoms with E-state index < -0.39 is 0 Å². The molecule has 0 heterocycles. The number of rotatable bonds is 0. The van der Waals surface area contributed by atoms with Crippen LogP contribution in [-0.4, -0.2) is 0 Å². The Balaban J connectivity index is 1.74. The molecule has 7 atom stereocenters. The van der Waals surface area contributed by atoms with E-state index in [0.717, 1.165) is 41.4 Å². The van der Waals surface area contributed by atoms with Crippen molar-refractivity contribution >= 4 is 0 Å². The molecule has 0 saturated heterocycles. The second-order valence-electron chi connectivity index (χ2n) is 7.78. The van der Waals surface area contributed by atoms with Gasteiger partial charge in [-0.2, -0.15) is 0 Å². The van der Waals surface area contributed by atoms with Crippen molar-refractivity contribution in [1.29, 1.82) is 0 Å². The SMILES string of the molecule is CC1CCC2C(C1)CC1CCC(C)CC1C2C. The highest BCUT2D eigenvalue weighted by Gasteiger charge is 2.45. The molecular weight excluding hydrogens is 204 g/mol. The number of hydrogen-bond donors (Lipinski definition) is 0. The monoisotopic (exact) mass is 234 g/mol. The molecule has 3 rings (SSSR count). The molecule has 0 N–H and O–H groups in total. The Bertz CT molecular complexity index is 269. The van der Waals surface area contributed by atoms with Gasteiger partial charge in [-0.05, 0) is 73.5 Å². The van der Waals surface area contributed by atoms with E-state index in [1.807, 2.05) is 0 Å². The zero-order valence-electron chi connectivity index (χ0n) is 12.0. The molecule has 0 heteroatoms. The molecule has 0 aliphatic heterocycles. The summed E-state index contributed by atoms with van der Waals surface area (Å²) in [5.74, 6) is 7.46. The first-order chi connectivity index (χ1) is 8.15. The summed E-state index contributed by atoms with van der Waals surface area (Å²) in [6.07, 6.45) is 10.8. The summed E-state index contributed by atoms with van der Waals surface area (Å²) in [6, 6.07) is 0. The van der Waals surface area contributed by atoms with Crippen LogP contribution < -0.4 is 0 Å². The van der Waals surface area contributed by atoms with Crippen molar-refractivity contribution in [2.45, 2.75) is 65.7 Å². The summed E-state index contributed by atoms with van der Waals surface area (Å²) in [6.45, 7) is 7.57. The van der Waals surface area contributed by atoms with Crippen LogP contribution in [0.5, 0.6) is 0 Å². The standard InChI is InChI=1S/C17H30/c1-11-5-7-16-13(3)17-9-12(2)4-6-14(17)10-15(16)8-11/h11-17H,4-10H2,1-3H3. The maximum atomic E-state index is 2.60. The van der Waals surface area contributed by atoms with Gasteiger partial charge in [-0.25, -0.2) is 0 Å². The lowest BCUT2D eigenvalue weighted by Crippen LogP contribution is -2.43. The Morgan fingerprint density at radius 1 is 0.588 bits per heavy atom. The second-order valence-corrected chi connectivity index (χ2v) is 7.78. The summed E-state index contributed by atoms with van der Waals surface area (Å²) in [5, 5.41) is 0. The summed E-state index contributed by atoms with van der Waals surface area (Å²) >= 11 is 0. The van der Waals surface area contributed by atoms with E-state index in [0.29, 0.717) is 0 Å². The molecule has 0 aromatic rings. The van der Waals surface area contributed by atoms with Gasteiger partial charge in [0.15, 0.2) is 0 Å². The molecule has 0 amide bonds. The second kappa shape index (κ2) is 4.59. The normalized spacial score (nSPS) is 54.9. The van der Waals surface area contributed by atoms with E-state index in [4.69, 9.17) is 0 Å². The molecule has 0 nitrogen and oxygen atoms in total. The lowest BCUT2D eigenvalue weighted by Gasteiger charge is -2.52. The molecule has 0 aromatic heterocycles. The Labute approximate surface area is 108 Å². The fraction of sp³-hybridized carbons (Fsp3) is 1.00. The maximum absolute atomic E-state index is 2.60. The largest absolute Gasteiger partial charge is 0.0625 e. The molecule has 3 aliphatic rings. The Kier molecular flexibility index (Phi) is 3.26. The van der Waals surface area contributed by atoms with Crippen molar-refractivity contribution in [3.63, 3.8) is 0 Å². The van der Waals surface area contributed by atoms with E-state index in [1.54, 1.807) is 32.1 Å². The van der Waals surface area contributed by atoms with Gasteiger partial charge in [0.2, 0.25) is 0 Å². The lowest BCUT2D eigenvalue weighted by molar-refractivity contribution is -0.0232. The maximum Gasteiger partial charge on any atom is -0.0355 e. The van der Waals surface area contributed by atoms with E-state index in [9.17, 15) is 0 Å². The van der Waals surface area contributed by atoms with Crippen LogP contribution in [0, 0.1) is 41.4 Å². The van der Waals surface area contributed by atoms with Gasteiger partial charge in [0.05, 0.1) is 0 Å². The highest BCUT2D eigenvalue weighted by atomic mass is 14.5. The van der Waals surface area contributed by atoms with Crippen molar-refractivity contribution < 1.29 is 0 Å². The third-order valence-corrected chi connectivity index (χ3v) is 6.57. The molecule has 0 radical (unpaired) electrons. The molecule has 3 saturated carbocycles. The smallest absolute Gasteiger partial charge is 0.0355 e. The first-order valence-corrected chi connectivity index (χ1v) is 8.15. The first-order valence-electron chi connectivity index (χ1n) is 8.15. The van der Waals surface area contributed by atoms with Gasteiger partial charge in [-0.15, -0.1) is 0 Å². The molecule has 17 heavy (non-hydrogen) atoms. The summed E-state index contributed by atoms with van der Waals surface area (Å²) < 4.78 is 0. The van der Waals surface area contributed by atoms with Crippen molar-refractivity contribution in [3.05, 3.63) is 0 Å². The quantitative estimate of drug-likeness (QED) is 0.545. The van der Waals surface area contributed by atoms with Crippen molar-refractivity contribution in [3.8, 4) is 0 Å². The molecule has 0 spiro atoms. The Hall–Kier alpha value is 0. The zero-order chi connectivity index (χ0) is 12.0. The van der Waals surface area contributed by atoms with Crippen molar-refractivity contribution in [2.75, 3.05) is 0 Å². The minimum absolute atomic E-state index is 1.01. The van der Waals surface area contributed by atoms with Crippen LogP contribution in [-0.2, 0) is 0 Å². The van der Waals surface area contributed by atoms with E-state index in [-0.39, 0.29) is 0 Å². The highest BCUT2D eigenvalue weighted by Crippen LogP contribution is 2.54. The zero-order valence-corrected chi connectivity index (χ0v) is 12.0. The van der Waals surface area contributed by atoms with Crippen LogP contribution >= 0.6 is 0 Å². The van der Waals surface area contributed by atoms with E-state index in [2.05, 4.69) is 20.8 Å². The van der Waals surface area contributed by atoms with Gasteiger partial charge in [0.25, 0.3) is 0 Å². The molecule has 0 aromatic carbocycles. The summed E-state index contributed by atoms with van der Waals surface area (Å²) in [7, 11) is 0. The Morgan fingerprint density at radius 2 is 1.29 bits per heavy atom. The van der Waals surface area contributed by atoms with Crippen LogP contribution in [0.3, 0.4) is 0 Å². The predicted molar refractivity (Wildman–Crippen MR) is 73.8 cm³/mol. The number of hydrogen-bond acceptors (Lipinski definition) is 0. The molecule has 3 aliphatic carbocycles. The third kappa shape index (κ3) is 2.17. The van der Waals surface area contributed by atoms with Crippen molar-refractivity contribution in [2.24, 2.45) is 41.4 Å². The molecule has 98 valence electrons. The average molecular weight is 234 g/mol. The van der Waals surface area contributed by atoms with Crippen LogP contribution in [0.1, 0.15) is 65.7 Å². The lowest BCUT2D eigenvalue weighted by atomic mass is 9.53. The minimum Gasteiger partial charge on any atom is -0.0625 e. The van der Waals surface area contributed by atoms with Crippen LogP contribution in [0.25, 0.3) is 0 Å².